The number of halogens is 3. The Morgan fingerprint density at radius 2 is 1.77 bits per heavy atom. The fourth-order valence-electron chi connectivity index (χ4n) is 2.03. The summed E-state index contributed by atoms with van der Waals surface area (Å²) < 4.78 is 11.0. The lowest BCUT2D eigenvalue weighted by Gasteiger charge is -2.02. The maximum absolute atomic E-state index is 6.17. The highest BCUT2D eigenvalue weighted by Gasteiger charge is 2.09. The van der Waals surface area contributed by atoms with Crippen LogP contribution in [0.4, 0.5) is 0 Å². The minimum atomic E-state index is 0. The molecule has 0 saturated heterocycles. The number of hydrogen-bond acceptors (Lipinski definition) is 3. The molecule has 0 spiro atoms. The molecule has 22 heavy (non-hydrogen) atoms. The van der Waals surface area contributed by atoms with Gasteiger partial charge in [0, 0.05) is 10.6 Å². The predicted octanol–water partition coefficient (Wildman–Crippen LogP) is 5.56. The Morgan fingerprint density at radius 1 is 0.955 bits per heavy atom. The Hall–Kier alpha value is -1.39. The first kappa shape index (κ1) is 17.0. The van der Waals surface area contributed by atoms with Gasteiger partial charge >= 0.3 is 0 Å². The van der Waals surface area contributed by atoms with Crippen LogP contribution in [-0.2, 0) is 13.1 Å². The first-order valence-corrected chi connectivity index (χ1v) is 7.25. The van der Waals surface area contributed by atoms with Crippen molar-refractivity contribution in [2.24, 2.45) is 0 Å². The van der Waals surface area contributed by atoms with Crippen LogP contribution in [0.3, 0.4) is 0 Å². The Labute approximate surface area is 144 Å². The van der Waals surface area contributed by atoms with Gasteiger partial charge in [0.15, 0.2) is 0 Å². The lowest BCUT2D eigenvalue weighted by molar-refractivity contribution is 0.455. The summed E-state index contributed by atoms with van der Waals surface area (Å²) in [6.07, 6.45) is 1.66. The largest absolute Gasteiger partial charge is 0.468 e. The highest BCUT2D eigenvalue weighted by molar-refractivity contribution is 6.35. The second-order valence-electron chi connectivity index (χ2n) is 4.57. The van der Waals surface area contributed by atoms with E-state index in [1.54, 1.807) is 24.5 Å². The Balaban J connectivity index is 0.00000176. The third-order valence-corrected chi connectivity index (χ3v) is 3.60. The zero-order valence-electron chi connectivity index (χ0n) is 11.5. The molecular formula is C16H14Cl3NO2. The van der Waals surface area contributed by atoms with E-state index in [0.29, 0.717) is 28.9 Å². The first-order valence-electron chi connectivity index (χ1n) is 6.49. The van der Waals surface area contributed by atoms with Gasteiger partial charge in [-0.05, 0) is 42.5 Å². The van der Waals surface area contributed by atoms with E-state index in [4.69, 9.17) is 32.0 Å². The molecule has 0 radical (unpaired) electrons. The third kappa shape index (κ3) is 4.08. The molecule has 1 N–H and O–H groups in total. The zero-order chi connectivity index (χ0) is 14.7. The summed E-state index contributed by atoms with van der Waals surface area (Å²) in [5.74, 6) is 2.42. The molecule has 0 aliphatic heterocycles. The van der Waals surface area contributed by atoms with Crippen molar-refractivity contribution in [3.05, 3.63) is 70.3 Å². The summed E-state index contributed by atoms with van der Waals surface area (Å²) in [6, 6.07) is 12.9. The van der Waals surface area contributed by atoms with Crippen LogP contribution in [0.25, 0.3) is 11.3 Å². The van der Waals surface area contributed by atoms with Crippen molar-refractivity contribution in [1.82, 2.24) is 5.32 Å². The molecule has 6 heteroatoms. The maximum atomic E-state index is 6.17. The van der Waals surface area contributed by atoms with Gasteiger partial charge in [0.1, 0.15) is 17.3 Å². The molecular weight excluding hydrogens is 345 g/mol. The molecule has 3 nitrogen and oxygen atoms in total. The molecule has 3 aromatic rings. The monoisotopic (exact) mass is 357 g/mol. The number of rotatable bonds is 5. The van der Waals surface area contributed by atoms with E-state index in [1.807, 2.05) is 24.3 Å². The van der Waals surface area contributed by atoms with Gasteiger partial charge in [-0.2, -0.15) is 0 Å². The summed E-state index contributed by atoms with van der Waals surface area (Å²) in [5, 5.41) is 4.49. The fourth-order valence-corrected chi connectivity index (χ4v) is 2.41. The fraction of sp³-hybridized carbons (Fsp3) is 0.125. The van der Waals surface area contributed by atoms with Crippen molar-refractivity contribution < 1.29 is 8.83 Å². The average Bonchev–Trinajstić information content (AvgIpc) is 3.13. The molecule has 0 bridgehead atoms. The van der Waals surface area contributed by atoms with Crippen LogP contribution in [0.15, 0.2) is 57.6 Å². The van der Waals surface area contributed by atoms with Gasteiger partial charge in [0.2, 0.25) is 0 Å². The van der Waals surface area contributed by atoms with Crippen LogP contribution in [0, 0.1) is 0 Å². The van der Waals surface area contributed by atoms with E-state index in [9.17, 15) is 0 Å². The van der Waals surface area contributed by atoms with Gasteiger partial charge in [-0.15, -0.1) is 12.4 Å². The van der Waals surface area contributed by atoms with Gasteiger partial charge < -0.3 is 14.2 Å². The van der Waals surface area contributed by atoms with Gasteiger partial charge in [-0.3, -0.25) is 0 Å². The molecule has 0 amide bonds. The molecule has 116 valence electrons. The summed E-state index contributed by atoms with van der Waals surface area (Å²) in [7, 11) is 0. The average molecular weight is 359 g/mol. The summed E-state index contributed by atoms with van der Waals surface area (Å²) in [5.41, 5.74) is 0.793. The Morgan fingerprint density at radius 3 is 2.55 bits per heavy atom. The zero-order valence-corrected chi connectivity index (χ0v) is 13.8. The van der Waals surface area contributed by atoms with Crippen LogP contribution in [0.1, 0.15) is 11.5 Å². The minimum absolute atomic E-state index is 0. The molecule has 0 saturated carbocycles. The van der Waals surface area contributed by atoms with Crippen LogP contribution in [0.2, 0.25) is 10.0 Å². The van der Waals surface area contributed by atoms with E-state index in [1.165, 1.54) is 0 Å². The Bertz CT molecular complexity index is 723. The molecule has 2 heterocycles. The number of nitrogens with one attached hydrogen (secondary N) is 1. The van der Waals surface area contributed by atoms with Crippen molar-refractivity contribution in [3.8, 4) is 11.3 Å². The van der Waals surface area contributed by atoms with Crippen LogP contribution >= 0.6 is 35.6 Å². The second-order valence-corrected chi connectivity index (χ2v) is 5.42. The predicted molar refractivity (Wildman–Crippen MR) is 90.7 cm³/mol. The quantitative estimate of drug-likeness (QED) is 0.649. The lowest BCUT2D eigenvalue weighted by atomic mass is 10.2. The van der Waals surface area contributed by atoms with Crippen molar-refractivity contribution in [3.63, 3.8) is 0 Å². The smallest absolute Gasteiger partial charge is 0.135 e. The van der Waals surface area contributed by atoms with Crippen molar-refractivity contribution >= 4 is 35.6 Å². The van der Waals surface area contributed by atoms with E-state index in [2.05, 4.69) is 5.32 Å². The highest BCUT2D eigenvalue weighted by Crippen LogP contribution is 2.31. The van der Waals surface area contributed by atoms with Crippen molar-refractivity contribution in [2.75, 3.05) is 0 Å². The number of hydrogen-bond donors (Lipinski definition) is 1. The van der Waals surface area contributed by atoms with Gasteiger partial charge in [-0.25, -0.2) is 0 Å². The Kier molecular flexibility index (Phi) is 5.98. The third-order valence-electron chi connectivity index (χ3n) is 3.03. The number of benzene rings is 1. The van der Waals surface area contributed by atoms with Crippen LogP contribution in [0.5, 0.6) is 0 Å². The molecule has 0 aliphatic carbocycles. The summed E-state index contributed by atoms with van der Waals surface area (Å²) >= 11 is 12.2. The van der Waals surface area contributed by atoms with E-state index < -0.39 is 0 Å². The molecule has 0 aliphatic rings. The van der Waals surface area contributed by atoms with Gasteiger partial charge in [0.25, 0.3) is 0 Å². The standard InChI is InChI=1S/C16H13Cl2NO2.ClH/c17-11-3-5-15(18)14(8-11)16-6-4-13(21-16)10-19-9-12-2-1-7-20-12;/h1-8,19H,9-10H2;1H. The molecule has 1 aromatic carbocycles. The normalized spacial score (nSPS) is 10.5. The van der Waals surface area contributed by atoms with Gasteiger partial charge in [0.05, 0.1) is 24.4 Å². The summed E-state index contributed by atoms with van der Waals surface area (Å²) in [4.78, 5) is 0. The van der Waals surface area contributed by atoms with E-state index >= 15 is 0 Å². The van der Waals surface area contributed by atoms with Crippen molar-refractivity contribution in [1.29, 1.82) is 0 Å². The minimum Gasteiger partial charge on any atom is -0.468 e. The number of furan rings is 2. The molecule has 0 fully saturated rings. The van der Waals surface area contributed by atoms with E-state index in [0.717, 1.165) is 17.1 Å². The first-order chi connectivity index (χ1) is 10.2. The molecule has 3 rings (SSSR count). The molecule has 0 atom stereocenters. The van der Waals surface area contributed by atoms with Crippen molar-refractivity contribution in [2.45, 2.75) is 13.1 Å². The SMILES string of the molecule is Cl.Clc1ccc(Cl)c(-c2ccc(CNCc3ccco3)o2)c1. The van der Waals surface area contributed by atoms with Gasteiger partial charge in [-0.1, -0.05) is 23.2 Å². The summed E-state index contributed by atoms with van der Waals surface area (Å²) in [6.45, 7) is 1.26. The topological polar surface area (TPSA) is 38.3 Å². The molecule has 0 unspecified atom stereocenters. The maximum Gasteiger partial charge on any atom is 0.135 e. The second kappa shape index (κ2) is 7.75. The lowest BCUT2D eigenvalue weighted by Crippen LogP contribution is -2.11. The van der Waals surface area contributed by atoms with Crippen LogP contribution < -0.4 is 5.32 Å². The van der Waals surface area contributed by atoms with Crippen LogP contribution in [-0.4, -0.2) is 0 Å². The highest BCUT2D eigenvalue weighted by atomic mass is 35.5. The molecule has 2 aromatic heterocycles. The van der Waals surface area contributed by atoms with E-state index in [-0.39, 0.29) is 12.4 Å².